The lowest BCUT2D eigenvalue weighted by atomic mass is 10.1. The Labute approximate surface area is 116 Å². The highest BCUT2D eigenvalue weighted by Gasteiger charge is 2.22. The Kier molecular flexibility index (Phi) is 3.90. The number of benzene rings is 1. The summed E-state index contributed by atoms with van der Waals surface area (Å²) in [6, 6.07) is 5.59. The smallest absolute Gasteiger partial charge is 0.112 e. The van der Waals surface area contributed by atoms with Crippen molar-refractivity contribution in [3.63, 3.8) is 0 Å². The lowest BCUT2D eigenvalue weighted by molar-refractivity contribution is 0.399. The molecule has 0 saturated heterocycles. The average molecular weight is 282 g/mol. The summed E-state index contributed by atoms with van der Waals surface area (Å²) in [5, 5.41) is 7.18. The van der Waals surface area contributed by atoms with E-state index in [1.807, 2.05) is 23.7 Å². The van der Waals surface area contributed by atoms with Crippen LogP contribution in [0.1, 0.15) is 24.4 Å². The predicted octanol–water partition coefficient (Wildman–Crippen LogP) is 3.40. The second-order valence-electron chi connectivity index (χ2n) is 4.71. The highest BCUT2D eigenvalue weighted by atomic mass is 35.5. The Hall–Kier alpha value is -1.10. The molecule has 1 aromatic heterocycles. The van der Waals surface area contributed by atoms with Gasteiger partial charge in [-0.15, -0.1) is 11.3 Å². The van der Waals surface area contributed by atoms with Crippen molar-refractivity contribution in [3.8, 4) is 0 Å². The fourth-order valence-corrected chi connectivity index (χ4v) is 2.71. The van der Waals surface area contributed by atoms with Crippen molar-refractivity contribution in [1.82, 2.24) is 10.3 Å². The first-order valence-corrected chi connectivity index (χ1v) is 6.93. The van der Waals surface area contributed by atoms with Gasteiger partial charge in [0.15, 0.2) is 0 Å². The highest BCUT2D eigenvalue weighted by Crippen LogP contribution is 2.23. The van der Waals surface area contributed by atoms with Crippen molar-refractivity contribution >= 4 is 28.6 Å². The summed E-state index contributed by atoms with van der Waals surface area (Å²) in [6.45, 7) is 4.93. The molecule has 1 aromatic carbocycles. The van der Waals surface area contributed by atoms with Crippen LogP contribution in [-0.4, -0.2) is 4.98 Å². The normalized spacial score (nSPS) is 11.7. The molecule has 0 amide bonds. The van der Waals surface area contributed by atoms with Gasteiger partial charge in [-0.25, -0.2) is 4.98 Å². The minimum Gasteiger partial charge on any atom is -0.399 e. The second kappa shape index (κ2) is 5.26. The van der Waals surface area contributed by atoms with E-state index in [1.165, 1.54) is 0 Å². The Balaban J connectivity index is 2.07. The van der Waals surface area contributed by atoms with E-state index in [9.17, 15) is 0 Å². The van der Waals surface area contributed by atoms with Crippen molar-refractivity contribution in [2.24, 2.45) is 0 Å². The van der Waals surface area contributed by atoms with Gasteiger partial charge < -0.3 is 11.1 Å². The summed E-state index contributed by atoms with van der Waals surface area (Å²) in [5.41, 5.74) is 7.37. The first kappa shape index (κ1) is 13.3. The van der Waals surface area contributed by atoms with Crippen LogP contribution in [0, 0.1) is 0 Å². The van der Waals surface area contributed by atoms with Gasteiger partial charge >= 0.3 is 0 Å². The largest absolute Gasteiger partial charge is 0.399 e. The van der Waals surface area contributed by atoms with Gasteiger partial charge in [-0.05, 0) is 37.6 Å². The third-order valence-corrected chi connectivity index (χ3v) is 4.00. The van der Waals surface area contributed by atoms with Crippen LogP contribution in [0.15, 0.2) is 29.8 Å². The topological polar surface area (TPSA) is 50.9 Å². The molecule has 0 aliphatic carbocycles. The monoisotopic (exact) mass is 281 g/mol. The van der Waals surface area contributed by atoms with Crippen LogP contribution in [0.5, 0.6) is 0 Å². The first-order valence-electron chi connectivity index (χ1n) is 5.67. The van der Waals surface area contributed by atoms with E-state index in [1.54, 1.807) is 17.4 Å². The molecular formula is C13H16ClN3S. The van der Waals surface area contributed by atoms with E-state index in [0.717, 1.165) is 10.6 Å². The summed E-state index contributed by atoms with van der Waals surface area (Å²) in [4.78, 5) is 4.34. The van der Waals surface area contributed by atoms with Gasteiger partial charge in [-0.2, -0.15) is 0 Å². The molecule has 18 heavy (non-hydrogen) atoms. The van der Waals surface area contributed by atoms with Gasteiger partial charge in [0.1, 0.15) is 5.01 Å². The van der Waals surface area contributed by atoms with Gasteiger partial charge in [0, 0.05) is 28.8 Å². The van der Waals surface area contributed by atoms with Crippen LogP contribution in [0.3, 0.4) is 0 Å². The quantitative estimate of drug-likeness (QED) is 0.845. The van der Waals surface area contributed by atoms with E-state index in [2.05, 4.69) is 24.1 Å². The number of nitrogens with two attached hydrogens (primary N) is 1. The summed E-state index contributed by atoms with van der Waals surface area (Å²) in [5.74, 6) is 0. The van der Waals surface area contributed by atoms with Gasteiger partial charge in [0.25, 0.3) is 0 Å². The number of aromatic nitrogens is 1. The van der Waals surface area contributed by atoms with Crippen molar-refractivity contribution in [1.29, 1.82) is 0 Å². The molecule has 0 atom stereocenters. The van der Waals surface area contributed by atoms with E-state index >= 15 is 0 Å². The van der Waals surface area contributed by atoms with Crippen molar-refractivity contribution < 1.29 is 0 Å². The molecule has 1 heterocycles. The molecule has 0 radical (unpaired) electrons. The van der Waals surface area contributed by atoms with Gasteiger partial charge in [0.2, 0.25) is 0 Å². The molecule has 2 rings (SSSR count). The minimum absolute atomic E-state index is 0.161. The Morgan fingerprint density at radius 1 is 1.39 bits per heavy atom. The maximum absolute atomic E-state index is 5.98. The zero-order valence-corrected chi connectivity index (χ0v) is 12.0. The maximum Gasteiger partial charge on any atom is 0.112 e. The minimum atomic E-state index is -0.161. The summed E-state index contributed by atoms with van der Waals surface area (Å²) in [6.07, 6.45) is 1.82. The summed E-state index contributed by atoms with van der Waals surface area (Å²) < 4.78 is 0. The SMILES string of the molecule is CC(C)(NCc1cc(N)cc(Cl)c1)c1nccs1. The van der Waals surface area contributed by atoms with Crippen LogP contribution in [0.4, 0.5) is 5.69 Å². The molecule has 0 fully saturated rings. The lowest BCUT2D eigenvalue weighted by Gasteiger charge is -2.24. The standard InChI is InChI=1S/C13H16ClN3S/c1-13(2,12-16-3-4-18-12)17-8-9-5-10(14)7-11(15)6-9/h3-7,17H,8,15H2,1-2H3. The van der Waals surface area contributed by atoms with Gasteiger partial charge in [-0.3, -0.25) is 0 Å². The molecule has 0 bridgehead atoms. The molecule has 0 aliphatic heterocycles. The van der Waals surface area contributed by atoms with E-state index in [4.69, 9.17) is 17.3 Å². The second-order valence-corrected chi connectivity index (χ2v) is 6.04. The number of nitrogens with zero attached hydrogens (tertiary/aromatic N) is 1. The van der Waals surface area contributed by atoms with Gasteiger partial charge in [-0.1, -0.05) is 11.6 Å². The maximum atomic E-state index is 5.98. The first-order chi connectivity index (χ1) is 8.47. The predicted molar refractivity (Wildman–Crippen MR) is 77.8 cm³/mol. The van der Waals surface area contributed by atoms with Crippen LogP contribution >= 0.6 is 22.9 Å². The fraction of sp³-hybridized carbons (Fsp3) is 0.308. The molecule has 3 N–H and O–H groups in total. The number of nitrogen functional groups attached to an aromatic ring is 1. The number of hydrogen-bond acceptors (Lipinski definition) is 4. The lowest BCUT2D eigenvalue weighted by Crippen LogP contribution is -2.35. The third kappa shape index (κ3) is 3.22. The van der Waals surface area contributed by atoms with Crippen LogP contribution in [0.2, 0.25) is 5.02 Å². The Morgan fingerprint density at radius 2 is 2.17 bits per heavy atom. The van der Waals surface area contributed by atoms with Crippen molar-refractivity contribution in [2.45, 2.75) is 25.9 Å². The van der Waals surface area contributed by atoms with Crippen LogP contribution < -0.4 is 11.1 Å². The number of nitrogens with one attached hydrogen (secondary N) is 1. The third-order valence-electron chi connectivity index (χ3n) is 2.68. The molecule has 0 unspecified atom stereocenters. The number of thiazole rings is 1. The van der Waals surface area contributed by atoms with Crippen LogP contribution in [0.25, 0.3) is 0 Å². The van der Waals surface area contributed by atoms with Crippen molar-refractivity contribution in [2.75, 3.05) is 5.73 Å². The Bertz CT molecular complexity index is 503. The molecule has 0 saturated carbocycles. The summed E-state index contributed by atoms with van der Waals surface area (Å²) in [7, 11) is 0. The number of hydrogen-bond donors (Lipinski definition) is 2. The zero-order chi connectivity index (χ0) is 13.2. The number of anilines is 1. The zero-order valence-electron chi connectivity index (χ0n) is 10.4. The van der Waals surface area contributed by atoms with E-state index in [0.29, 0.717) is 17.3 Å². The van der Waals surface area contributed by atoms with Crippen LogP contribution in [-0.2, 0) is 12.1 Å². The number of halogens is 1. The molecule has 5 heteroatoms. The number of rotatable bonds is 4. The fourth-order valence-electron chi connectivity index (χ4n) is 1.71. The average Bonchev–Trinajstić information content (AvgIpc) is 2.79. The molecule has 0 aliphatic rings. The highest BCUT2D eigenvalue weighted by molar-refractivity contribution is 7.09. The molecule has 2 aromatic rings. The summed E-state index contributed by atoms with van der Waals surface area (Å²) >= 11 is 7.63. The molecular weight excluding hydrogens is 266 g/mol. The van der Waals surface area contributed by atoms with Crippen molar-refractivity contribution in [3.05, 3.63) is 45.4 Å². The molecule has 3 nitrogen and oxygen atoms in total. The van der Waals surface area contributed by atoms with E-state index < -0.39 is 0 Å². The molecule has 0 spiro atoms. The van der Waals surface area contributed by atoms with Gasteiger partial charge in [0.05, 0.1) is 5.54 Å². The molecule has 96 valence electrons. The Morgan fingerprint density at radius 3 is 2.78 bits per heavy atom. The van der Waals surface area contributed by atoms with E-state index in [-0.39, 0.29) is 5.54 Å².